The summed E-state index contributed by atoms with van der Waals surface area (Å²) in [5.41, 5.74) is 0. The highest BCUT2D eigenvalue weighted by Crippen LogP contribution is 2.30. The molecule has 1 saturated heterocycles. The van der Waals surface area contributed by atoms with Gasteiger partial charge in [0, 0.05) is 6.42 Å². The third-order valence-electron chi connectivity index (χ3n) is 5.21. The summed E-state index contributed by atoms with van der Waals surface area (Å²) in [6, 6.07) is 0. The number of cyclic esters (lactones) is 2. The first-order valence-electron chi connectivity index (χ1n) is 10.7. The summed E-state index contributed by atoms with van der Waals surface area (Å²) in [7, 11) is 0. The van der Waals surface area contributed by atoms with Gasteiger partial charge in [0.2, 0.25) is 0 Å². The first kappa shape index (κ1) is 23.4. The molecular formula is C22H36O5. The highest BCUT2D eigenvalue weighted by Gasteiger charge is 2.37. The summed E-state index contributed by atoms with van der Waals surface area (Å²) < 4.78 is 4.75. The van der Waals surface area contributed by atoms with Crippen LogP contribution in [0.4, 0.5) is 0 Å². The van der Waals surface area contributed by atoms with E-state index in [2.05, 4.69) is 19.1 Å². The number of hydrogen-bond donors (Lipinski definition) is 1. The molecule has 1 fully saturated rings. The van der Waals surface area contributed by atoms with Crippen molar-refractivity contribution in [1.29, 1.82) is 0 Å². The molecule has 154 valence electrons. The molecule has 0 aliphatic carbocycles. The number of carbonyl (C=O) groups excluding carboxylic acids is 2. The van der Waals surface area contributed by atoms with E-state index in [4.69, 9.17) is 9.84 Å². The molecule has 0 aromatic carbocycles. The van der Waals surface area contributed by atoms with Gasteiger partial charge in [0.1, 0.15) is 0 Å². The number of rotatable bonds is 16. The zero-order chi connectivity index (χ0) is 19.9. The molecule has 1 aliphatic heterocycles. The highest BCUT2D eigenvalue weighted by atomic mass is 16.6. The minimum atomic E-state index is -0.731. The quantitative estimate of drug-likeness (QED) is 0.167. The zero-order valence-electron chi connectivity index (χ0n) is 16.8. The third-order valence-corrected chi connectivity index (χ3v) is 5.21. The number of esters is 2. The lowest BCUT2D eigenvalue weighted by Crippen LogP contribution is -2.18. The largest absolute Gasteiger partial charge is 0.481 e. The number of allylic oxidation sites excluding steroid dienone is 2. The Bertz CT molecular complexity index is 483. The van der Waals surface area contributed by atoms with E-state index in [1.54, 1.807) is 0 Å². The molecule has 1 N–H and O–H groups in total. The van der Waals surface area contributed by atoms with Crippen molar-refractivity contribution in [3.8, 4) is 0 Å². The van der Waals surface area contributed by atoms with E-state index in [0.717, 1.165) is 44.9 Å². The molecule has 0 bridgehead atoms. The molecule has 0 saturated carbocycles. The highest BCUT2D eigenvalue weighted by molar-refractivity contribution is 5.94. The van der Waals surface area contributed by atoms with Gasteiger partial charge in [-0.25, -0.2) is 0 Å². The maximum Gasteiger partial charge on any atom is 0.317 e. The van der Waals surface area contributed by atoms with E-state index in [-0.39, 0.29) is 30.6 Å². The predicted octanol–water partition coefficient (Wildman–Crippen LogP) is 5.42. The van der Waals surface area contributed by atoms with Gasteiger partial charge in [-0.05, 0) is 31.6 Å². The van der Waals surface area contributed by atoms with Crippen LogP contribution in [0.1, 0.15) is 96.8 Å². The van der Waals surface area contributed by atoms with Crippen LogP contribution in [0, 0.1) is 11.8 Å². The van der Waals surface area contributed by atoms with Crippen LogP contribution in [0.2, 0.25) is 0 Å². The Kier molecular flexibility index (Phi) is 12.5. The number of carboxylic acids is 1. The molecule has 0 aromatic rings. The fourth-order valence-corrected chi connectivity index (χ4v) is 3.57. The summed E-state index contributed by atoms with van der Waals surface area (Å²) in [6.07, 6.45) is 17.5. The summed E-state index contributed by atoms with van der Waals surface area (Å²) in [4.78, 5) is 33.8. The van der Waals surface area contributed by atoms with Crippen molar-refractivity contribution >= 4 is 17.9 Å². The Morgan fingerprint density at radius 2 is 1.74 bits per heavy atom. The molecule has 1 aliphatic rings. The minimum Gasteiger partial charge on any atom is -0.481 e. The molecule has 5 nitrogen and oxygen atoms in total. The number of ether oxygens (including phenoxy) is 1. The van der Waals surface area contributed by atoms with Crippen LogP contribution in [0.3, 0.4) is 0 Å². The second-order valence-corrected chi connectivity index (χ2v) is 7.60. The minimum absolute atomic E-state index is 0.0853. The van der Waals surface area contributed by atoms with E-state index < -0.39 is 11.9 Å². The lowest BCUT2D eigenvalue weighted by molar-refractivity contribution is -0.153. The van der Waals surface area contributed by atoms with Crippen LogP contribution < -0.4 is 0 Å². The van der Waals surface area contributed by atoms with Crippen molar-refractivity contribution in [3.05, 3.63) is 12.2 Å². The van der Waals surface area contributed by atoms with Crippen LogP contribution in [-0.4, -0.2) is 23.0 Å². The molecule has 0 spiro atoms. The van der Waals surface area contributed by atoms with Crippen molar-refractivity contribution in [2.75, 3.05) is 0 Å². The maximum absolute atomic E-state index is 11.9. The van der Waals surface area contributed by atoms with E-state index in [1.165, 1.54) is 32.1 Å². The predicted molar refractivity (Wildman–Crippen MR) is 105 cm³/mol. The van der Waals surface area contributed by atoms with Gasteiger partial charge in [-0.1, -0.05) is 70.4 Å². The van der Waals surface area contributed by atoms with Gasteiger partial charge >= 0.3 is 17.9 Å². The molecule has 0 radical (unpaired) electrons. The molecule has 2 atom stereocenters. The molecule has 5 heteroatoms. The fraction of sp³-hybridized carbons (Fsp3) is 0.773. The number of carbonyl (C=O) groups is 3. The third kappa shape index (κ3) is 10.9. The first-order valence-corrected chi connectivity index (χ1v) is 10.7. The van der Waals surface area contributed by atoms with Gasteiger partial charge in [-0.15, -0.1) is 0 Å². The first-order chi connectivity index (χ1) is 13.0. The molecule has 0 amide bonds. The summed E-state index contributed by atoms with van der Waals surface area (Å²) in [6.45, 7) is 2.20. The van der Waals surface area contributed by atoms with Gasteiger partial charge in [-0.3, -0.25) is 14.4 Å². The van der Waals surface area contributed by atoms with Crippen molar-refractivity contribution in [3.63, 3.8) is 0 Å². The molecule has 2 unspecified atom stereocenters. The Labute approximate surface area is 163 Å². The Morgan fingerprint density at radius 3 is 2.41 bits per heavy atom. The normalized spacial score (nSPS) is 18.2. The Balaban J connectivity index is 2.33. The van der Waals surface area contributed by atoms with Gasteiger partial charge in [0.15, 0.2) is 0 Å². The van der Waals surface area contributed by atoms with Crippen LogP contribution >= 0.6 is 0 Å². The fourth-order valence-electron chi connectivity index (χ4n) is 3.57. The standard InChI is InChI=1S/C22H36O5/c1-2-3-4-5-8-11-14-18(19-17-21(25)27-22(19)26)15-12-9-6-7-10-13-16-20(23)24/h12,15,18-19H,2-11,13-14,16-17H2,1H3,(H,23,24). The van der Waals surface area contributed by atoms with Crippen LogP contribution in [0.25, 0.3) is 0 Å². The second-order valence-electron chi connectivity index (χ2n) is 7.60. The van der Waals surface area contributed by atoms with Gasteiger partial charge in [0.25, 0.3) is 0 Å². The van der Waals surface area contributed by atoms with Crippen LogP contribution in [0.5, 0.6) is 0 Å². The lowest BCUT2D eigenvalue weighted by Gasteiger charge is -2.16. The Morgan fingerprint density at radius 1 is 1.07 bits per heavy atom. The van der Waals surface area contributed by atoms with Gasteiger partial charge < -0.3 is 9.84 Å². The molecule has 0 aromatic heterocycles. The van der Waals surface area contributed by atoms with Crippen molar-refractivity contribution < 1.29 is 24.2 Å². The number of unbranched alkanes of at least 4 members (excludes halogenated alkanes) is 9. The monoisotopic (exact) mass is 380 g/mol. The number of aliphatic carboxylic acids is 1. The lowest BCUT2D eigenvalue weighted by atomic mass is 9.86. The van der Waals surface area contributed by atoms with Gasteiger partial charge in [0.05, 0.1) is 12.3 Å². The summed E-state index contributed by atoms with van der Waals surface area (Å²) in [5, 5.41) is 8.62. The van der Waals surface area contributed by atoms with E-state index in [9.17, 15) is 14.4 Å². The molecule has 1 heterocycles. The maximum atomic E-state index is 11.9. The van der Waals surface area contributed by atoms with E-state index in [1.807, 2.05) is 0 Å². The average Bonchev–Trinajstić information content (AvgIpc) is 2.96. The SMILES string of the molecule is CCCCCCCCC(C=CCCCCCCC(=O)O)C1CC(=O)OC1=O. The average molecular weight is 381 g/mol. The van der Waals surface area contributed by atoms with Crippen molar-refractivity contribution in [2.24, 2.45) is 11.8 Å². The second kappa shape index (κ2) is 14.4. The number of hydrogen-bond acceptors (Lipinski definition) is 4. The van der Waals surface area contributed by atoms with Crippen LogP contribution in [0.15, 0.2) is 12.2 Å². The number of carboxylic acid groups (broad SMARTS) is 1. The van der Waals surface area contributed by atoms with Crippen molar-refractivity contribution in [2.45, 2.75) is 96.8 Å². The summed E-state index contributed by atoms with van der Waals surface area (Å²) in [5.74, 6) is -1.73. The smallest absolute Gasteiger partial charge is 0.317 e. The molecule has 27 heavy (non-hydrogen) atoms. The van der Waals surface area contributed by atoms with E-state index >= 15 is 0 Å². The topological polar surface area (TPSA) is 80.7 Å². The Hall–Kier alpha value is -1.65. The van der Waals surface area contributed by atoms with Crippen LogP contribution in [-0.2, 0) is 19.1 Å². The summed E-state index contributed by atoms with van der Waals surface area (Å²) >= 11 is 0. The van der Waals surface area contributed by atoms with Gasteiger partial charge in [-0.2, -0.15) is 0 Å². The van der Waals surface area contributed by atoms with Crippen molar-refractivity contribution in [1.82, 2.24) is 0 Å². The zero-order valence-corrected chi connectivity index (χ0v) is 16.8. The molecular weight excluding hydrogens is 344 g/mol. The molecule has 1 rings (SSSR count). The van der Waals surface area contributed by atoms with E-state index in [0.29, 0.717) is 0 Å².